The summed E-state index contributed by atoms with van der Waals surface area (Å²) in [6.07, 6.45) is 0.801. The van der Waals surface area contributed by atoms with Crippen LogP contribution in [0.2, 0.25) is 0 Å². The zero-order valence-electron chi connectivity index (χ0n) is 14.2. The van der Waals surface area contributed by atoms with Crippen LogP contribution in [0.3, 0.4) is 0 Å². The van der Waals surface area contributed by atoms with E-state index in [-0.39, 0.29) is 12.5 Å². The average Bonchev–Trinajstić information content (AvgIpc) is 2.60. The van der Waals surface area contributed by atoms with Gasteiger partial charge in [0.2, 0.25) is 5.91 Å². The maximum absolute atomic E-state index is 12.3. The number of hydrogen-bond donors (Lipinski definition) is 1. The Morgan fingerprint density at radius 2 is 1.75 bits per heavy atom. The third-order valence-electron chi connectivity index (χ3n) is 3.49. The van der Waals surface area contributed by atoms with Gasteiger partial charge in [0.1, 0.15) is 5.75 Å². The highest BCUT2D eigenvalue weighted by Crippen LogP contribution is 2.24. The second kappa shape index (κ2) is 9.57. The SMILES string of the molecule is COCCCOc1ccccc1NC(=O)CN(C)c1ccccc1. The van der Waals surface area contributed by atoms with E-state index in [9.17, 15) is 4.79 Å². The molecule has 0 heterocycles. The van der Waals surface area contributed by atoms with Crippen LogP contribution in [0, 0.1) is 0 Å². The second-order valence-electron chi connectivity index (χ2n) is 5.43. The lowest BCUT2D eigenvalue weighted by molar-refractivity contribution is -0.114. The molecule has 0 aliphatic carbocycles. The van der Waals surface area contributed by atoms with Crippen molar-refractivity contribution in [2.45, 2.75) is 6.42 Å². The van der Waals surface area contributed by atoms with E-state index in [4.69, 9.17) is 9.47 Å². The van der Waals surface area contributed by atoms with Crippen molar-refractivity contribution in [3.63, 3.8) is 0 Å². The number of carbonyl (C=O) groups excluding carboxylic acids is 1. The van der Waals surface area contributed by atoms with Gasteiger partial charge in [-0.25, -0.2) is 0 Å². The van der Waals surface area contributed by atoms with Crippen LogP contribution in [0.4, 0.5) is 11.4 Å². The zero-order valence-corrected chi connectivity index (χ0v) is 14.2. The van der Waals surface area contributed by atoms with E-state index in [0.29, 0.717) is 24.7 Å². The predicted molar refractivity (Wildman–Crippen MR) is 96.8 cm³/mol. The van der Waals surface area contributed by atoms with Crippen molar-refractivity contribution in [2.24, 2.45) is 0 Å². The maximum Gasteiger partial charge on any atom is 0.243 e. The van der Waals surface area contributed by atoms with Crippen molar-refractivity contribution in [3.05, 3.63) is 54.6 Å². The largest absolute Gasteiger partial charge is 0.491 e. The first kappa shape index (κ1) is 17.8. The number of para-hydroxylation sites is 3. The van der Waals surface area contributed by atoms with Crippen molar-refractivity contribution in [3.8, 4) is 5.75 Å². The molecule has 0 saturated carbocycles. The molecule has 5 heteroatoms. The molecule has 0 spiro atoms. The van der Waals surface area contributed by atoms with Gasteiger partial charge in [-0.05, 0) is 24.3 Å². The van der Waals surface area contributed by atoms with E-state index in [2.05, 4.69) is 5.32 Å². The van der Waals surface area contributed by atoms with Crippen molar-refractivity contribution < 1.29 is 14.3 Å². The quantitative estimate of drug-likeness (QED) is 0.718. The van der Waals surface area contributed by atoms with Gasteiger partial charge >= 0.3 is 0 Å². The molecule has 1 amide bonds. The fourth-order valence-corrected chi connectivity index (χ4v) is 2.26. The fourth-order valence-electron chi connectivity index (χ4n) is 2.26. The third-order valence-corrected chi connectivity index (χ3v) is 3.49. The molecular formula is C19H24N2O3. The number of carbonyl (C=O) groups is 1. The smallest absolute Gasteiger partial charge is 0.243 e. The molecule has 0 fully saturated rings. The molecule has 1 N–H and O–H groups in total. The summed E-state index contributed by atoms with van der Waals surface area (Å²) in [6.45, 7) is 1.46. The molecule has 0 aliphatic heterocycles. The molecule has 0 aliphatic rings. The van der Waals surface area contributed by atoms with Crippen molar-refractivity contribution >= 4 is 17.3 Å². The summed E-state index contributed by atoms with van der Waals surface area (Å²) in [5, 5.41) is 2.92. The van der Waals surface area contributed by atoms with E-state index in [1.807, 2.05) is 66.5 Å². The predicted octanol–water partition coefficient (Wildman–Crippen LogP) is 3.18. The van der Waals surface area contributed by atoms with E-state index in [1.54, 1.807) is 7.11 Å². The molecule has 2 aromatic carbocycles. The fraction of sp³-hybridized carbons (Fsp3) is 0.316. The van der Waals surface area contributed by atoms with Crippen LogP contribution in [0.25, 0.3) is 0 Å². The van der Waals surface area contributed by atoms with E-state index >= 15 is 0 Å². The highest BCUT2D eigenvalue weighted by molar-refractivity contribution is 5.95. The summed E-state index contributed by atoms with van der Waals surface area (Å²) in [4.78, 5) is 14.2. The molecule has 0 bridgehead atoms. The minimum Gasteiger partial charge on any atom is -0.491 e. The third kappa shape index (κ3) is 5.59. The molecule has 0 radical (unpaired) electrons. The highest BCUT2D eigenvalue weighted by atomic mass is 16.5. The number of methoxy groups -OCH3 is 1. The Morgan fingerprint density at radius 3 is 2.50 bits per heavy atom. The summed E-state index contributed by atoms with van der Waals surface area (Å²) in [6, 6.07) is 17.2. The van der Waals surface area contributed by atoms with Crippen LogP contribution in [0.15, 0.2) is 54.6 Å². The summed E-state index contributed by atoms with van der Waals surface area (Å²) in [7, 11) is 3.56. The molecule has 0 aromatic heterocycles. The number of likely N-dealkylation sites (N-methyl/N-ethyl adjacent to an activating group) is 1. The van der Waals surface area contributed by atoms with E-state index in [1.165, 1.54) is 0 Å². The normalized spacial score (nSPS) is 10.2. The first-order valence-corrected chi connectivity index (χ1v) is 7.97. The number of ether oxygens (including phenoxy) is 2. The number of rotatable bonds is 9. The number of hydrogen-bond acceptors (Lipinski definition) is 4. The average molecular weight is 328 g/mol. The molecule has 2 aromatic rings. The molecule has 24 heavy (non-hydrogen) atoms. The van der Waals surface area contributed by atoms with Crippen LogP contribution < -0.4 is 15.0 Å². The van der Waals surface area contributed by atoms with Gasteiger partial charge in [-0.2, -0.15) is 0 Å². The standard InChI is InChI=1S/C19H24N2O3/c1-21(16-9-4-3-5-10-16)15-19(22)20-17-11-6-7-12-18(17)24-14-8-13-23-2/h3-7,9-12H,8,13-15H2,1-2H3,(H,20,22). The lowest BCUT2D eigenvalue weighted by Gasteiger charge is -2.19. The number of amides is 1. The lowest BCUT2D eigenvalue weighted by Crippen LogP contribution is -2.30. The Hall–Kier alpha value is -2.53. The Labute approximate surface area is 143 Å². The first-order chi connectivity index (χ1) is 11.7. The van der Waals surface area contributed by atoms with Gasteiger partial charge in [0.25, 0.3) is 0 Å². The summed E-state index contributed by atoms with van der Waals surface area (Å²) < 4.78 is 10.7. The van der Waals surface area contributed by atoms with Crippen LogP contribution >= 0.6 is 0 Å². The number of benzene rings is 2. The van der Waals surface area contributed by atoms with Gasteiger partial charge in [0, 0.05) is 32.9 Å². The molecule has 0 atom stereocenters. The van der Waals surface area contributed by atoms with Gasteiger partial charge < -0.3 is 19.7 Å². The maximum atomic E-state index is 12.3. The molecule has 128 valence electrons. The molecule has 0 unspecified atom stereocenters. The zero-order chi connectivity index (χ0) is 17.2. The van der Waals surface area contributed by atoms with E-state index in [0.717, 1.165) is 12.1 Å². The lowest BCUT2D eigenvalue weighted by atomic mass is 10.2. The number of anilines is 2. The Morgan fingerprint density at radius 1 is 1.04 bits per heavy atom. The van der Waals surface area contributed by atoms with Crippen LogP contribution in [0.1, 0.15) is 6.42 Å². The summed E-state index contributed by atoms with van der Waals surface area (Å²) >= 11 is 0. The topological polar surface area (TPSA) is 50.8 Å². The molecular weight excluding hydrogens is 304 g/mol. The minimum atomic E-state index is -0.0886. The highest BCUT2D eigenvalue weighted by Gasteiger charge is 2.10. The van der Waals surface area contributed by atoms with Gasteiger partial charge in [0.15, 0.2) is 0 Å². The van der Waals surface area contributed by atoms with Crippen LogP contribution in [0.5, 0.6) is 5.75 Å². The van der Waals surface area contributed by atoms with E-state index < -0.39 is 0 Å². The number of nitrogens with zero attached hydrogens (tertiary/aromatic N) is 1. The summed E-state index contributed by atoms with van der Waals surface area (Å²) in [5.41, 5.74) is 1.68. The minimum absolute atomic E-state index is 0.0886. The first-order valence-electron chi connectivity index (χ1n) is 7.97. The van der Waals surface area contributed by atoms with Gasteiger partial charge in [-0.3, -0.25) is 4.79 Å². The molecule has 2 rings (SSSR count). The van der Waals surface area contributed by atoms with Crippen LogP contribution in [-0.2, 0) is 9.53 Å². The van der Waals surface area contributed by atoms with Gasteiger partial charge in [-0.15, -0.1) is 0 Å². The van der Waals surface area contributed by atoms with Crippen LogP contribution in [-0.4, -0.2) is 39.8 Å². The van der Waals surface area contributed by atoms with Crippen molar-refractivity contribution in [1.82, 2.24) is 0 Å². The van der Waals surface area contributed by atoms with Crippen molar-refractivity contribution in [2.75, 3.05) is 44.1 Å². The van der Waals surface area contributed by atoms with Gasteiger partial charge in [-0.1, -0.05) is 30.3 Å². The second-order valence-corrected chi connectivity index (χ2v) is 5.43. The molecule has 5 nitrogen and oxygen atoms in total. The van der Waals surface area contributed by atoms with Gasteiger partial charge in [0.05, 0.1) is 18.8 Å². The monoisotopic (exact) mass is 328 g/mol. The number of nitrogens with one attached hydrogen (secondary N) is 1. The Balaban J connectivity index is 1.91. The molecule has 0 saturated heterocycles. The summed E-state index contributed by atoms with van der Waals surface area (Å²) in [5.74, 6) is 0.582. The Bertz CT molecular complexity index is 632. The van der Waals surface area contributed by atoms with Crippen molar-refractivity contribution in [1.29, 1.82) is 0 Å². The Kier molecular flexibility index (Phi) is 7.11.